The summed E-state index contributed by atoms with van der Waals surface area (Å²) in [5.74, 6) is 1.78. The molecule has 0 radical (unpaired) electrons. The predicted molar refractivity (Wildman–Crippen MR) is 67.9 cm³/mol. The lowest BCUT2D eigenvalue weighted by atomic mass is 9.98. The molecule has 2 aromatic heterocycles. The highest BCUT2D eigenvalue weighted by atomic mass is 16.3. The third kappa shape index (κ3) is 2.24. The summed E-state index contributed by atoms with van der Waals surface area (Å²) in [4.78, 5) is 4.45. The molecule has 0 aromatic carbocycles. The number of furan rings is 1. The summed E-state index contributed by atoms with van der Waals surface area (Å²) in [6, 6.07) is 5.87. The molecule has 0 amide bonds. The van der Waals surface area contributed by atoms with E-state index in [2.05, 4.69) is 4.98 Å². The molecule has 0 saturated heterocycles. The fourth-order valence-electron chi connectivity index (χ4n) is 2.15. The normalized spacial score (nSPS) is 12.8. The first kappa shape index (κ1) is 11.9. The molecular weight excluding hydrogens is 212 g/mol. The van der Waals surface area contributed by atoms with E-state index >= 15 is 0 Å². The molecule has 2 heterocycles. The standard InChI is InChI=1S/C14H18N2O/c1-8-5-6-12(10(3)16-8)14(15)13-7-9(2)17-11(13)4/h5-7,14H,15H2,1-4H3. The van der Waals surface area contributed by atoms with Gasteiger partial charge < -0.3 is 10.2 Å². The van der Waals surface area contributed by atoms with Crippen LogP contribution in [0.2, 0.25) is 0 Å². The van der Waals surface area contributed by atoms with Gasteiger partial charge in [-0.1, -0.05) is 6.07 Å². The monoisotopic (exact) mass is 230 g/mol. The molecule has 0 saturated carbocycles. The van der Waals surface area contributed by atoms with E-state index < -0.39 is 0 Å². The van der Waals surface area contributed by atoms with Crippen molar-refractivity contribution < 1.29 is 4.42 Å². The van der Waals surface area contributed by atoms with Crippen molar-refractivity contribution in [2.45, 2.75) is 33.7 Å². The van der Waals surface area contributed by atoms with Crippen LogP contribution in [0.5, 0.6) is 0 Å². The van der Waals surface area contributed by atoms with Gasteiger partial charge in [0.1, 0.15) is 11.5 Å². The number of nitrogens with zero attached hydrogens (tertiary/aromatic N) is 1. The largest absolute Gasteiger partial charge is 0.466 e. The van der Waals surface area contributed by atoms with Crippen LogP contribution in [0.3, 0.4) is 0 Å². The molecule has 2 N–H and O–H groups in total. The van der Waals surface area contributed by atoms with E-state index in [4.69, 9.17) is 10.2 Å². The van der Waals surface area contributed by atoms with E-state index in [1.54, 1.807) is 0 Å². The van der Waals surface area contributed by atoms with Gasteiger partial charge in [0.2, 0.25) is 0 Å². The van der Waals surface area contributed by atoms with Crippen LogP contribution in [0, 0.1) is 27.7 Å². The van der Waals surface area contributed by atoms with E-state index in [1.807, 2.05) is 45.9 Å². The molecule has 0 aliphatic carbocycles. The van der Waals surface area contributed by atoms with E-state index in [0.717, 1.165) is 34.0 Å². The highest BCUT2D eigenvalue weighted by Crippen LogP contribution is 2.26. The molecule has 1 unspecified atom stereocenters. The van der Waals surface area contributed by atoms with Crippen molar-refractivity contribution in [2.24, 2.45) is 5.73 Å². The van der Waals surface area contributed by atoms with Gasteiger partial charge in [-0.15, -0.1) is 0 Å². The average molecular weight is 230 g/mol. The van der Waals surface area contributed by atoms with Crippen molar-refractivity contribution in [1.82, 2.24) is 4.98 Å². The van der Waals surface area contributed by atoms with Crippen LogP contribution in [0.15, 0.2) is 22.6 Å². The smallest absolute Gasteiger partial charge is 0.106 e. The first-order valence-electron chi connectivity index (χ1n) is 5.75. The van der Waals surface area contributed by atoms with E-state index in [9.17, 15) is 0 Å². The number of hydrogen-bond donors (Lipinski definition) is 1. The van der Waals surface area contributed by atoms with Crippen molar-refractivity contribution in [3.05, 3.63) is 52.2 Å². The van der Waals surface area contributed by atoms with E-state index in [0.29, 0.717) is 0 Å². The molecule has 17 heavy (non-hydrogen) atoms. The van der Waals surface area contributed by atoms with Crippen LogP contribution in [0.4, 0.5) is 0 Å². The maximum atomic E-state index is 6.28. The number of nitrogens with two attached hydrogens (primary N) is 1. The van der Waals surface area contributed by atoms with Gasteiger partial charge in [-0.2, -0.15) is 0 Å². The Hall–Kier alpha value is -1.61. The third-order valence-corrected chi connectivity index (χ3v) is 3.02. The maximum absolute atomic E-state index is 6.28. The second kappa shape index (κ2) is 4.34. The molecule has 2 aromatic rings. The maximum Gasteiger partial charge on any atom is 0.106 e. The number of aryl methyl sites for hydroxylation is 4. The first-order chi connectivity index (χ1) is 7.99. The summed E-state index contributed by atoms with van der Waals surface area (Å²) in [5.41, 5.74) is 10.4. The second-order valence-electron chi connectivity index (χ2n) is 4.47. The van der Waals surface area contributed by atoms with Crippen molar-refractivity contribution in [2.75, 3.05) is 0 Å². The van der Waals surface area contributed by atoms with E-state index in [-0.39, 0.29) is 6.04 Å². The Balaban J connectivity index is 2.43. The summed E-state index contributed by atoms with van der Waals surface area (Å²) < 4.78 is 5.52. The van der Waals surface area contributed by atoms with E-state index in [1.165, 1.54) is 0 Å². The number of aromatic nitrogens is 1. The third-order valence-electron chi connectivity index (χ3n) is 3.02. The molecule has 1 atom stereocenters. The van der Waals surface area contributed by atoms with Crippen molar-refractivity contribution >= 4 is 0 Å². The van der Waals surface area contributed by atoms with Crippen LogP contribution in [-0.4, -0.2) is 4.98 Å². The lowest BCUT2D eigenvalue weighted by Crippen LogP contribution is -2.14. The lowest BCUT2D eigenvalue weighted by molar-refractivity contribution is 0.499. The van der Waals surface area contributed by atoms with Crippen molar-refractivity contribution in [1.29, 1.82) is 0 Å². The minimum atomic E-state index is -0.166. The minimum absolute atomic E-state index is 0.166. The van der Waals surface area contributed by atoms with Crippen LogP contribution in [-0.2, 0) is 0 Å². The summed E-state index contributed by atoms with van der Waals surface area (Å²) in [7, 11) is 0. The Morgan fingerprint density at radius 3 is 2.35 bits per heavy atom. The molecule has 0 fully saturated rings. The van der Waals surface area contributed by atoms with Gasteiger partial charge in [0.05, 0.1) is 6.04 Å². The zero-order valence-electron chi connectivity index (χ0n) is 10.7. The molecule has 2 rings (SSSR count). The van der Waals surface area contributed by atoms with Gasteiger partial charge >= 0.3 is 0 Å². The van der Waals surface area contributed by atoms with Gasteiger partial charge in [0.25, 0.3) is 0 Å². The van der Waals surface area contributed by atoms with Gasteiger partial charge in [-0.3, -0.25) is 4.98 Å². The molecule has 0 aliphatic rings. The Morgan fingerprint density at radius 1 is 1.12 bits per heavy atom. The van der Waals surface area contributed by atoms with Crippen LogP contribution >= 0.6 is 0 Å². The molecule has 0 aliphatic heterocycles. The van der Waals surface area contributed by atoms with Gasteiger partial charge in [0, 0.05) is 17.0 Å². The van der Waals surface area contributed by atoms with Crippen molar-refractivity contribution in [3.63, 3.8) is 0 Å². The Kier molecular flexibility index (Phi) is 3.03. The SMILES string of the molecule is Cc1ccc(C(N)c2cc(C)oc2C)c(C)n1. The number of pyridine rings is 1. The minimum Gasteiger partial charge on any atom is -0.466 e. The summed E-state index contributed by atoms with van der Waals surface area (Å²) in [6.45, 7) is 7.85. The van der Waals surface area contributed by atoms with Gasteiger partial charge in [-0.25, -0.2) is 0 Å². The van der Waals surface area contributed by atoms with Gasteiger partial charge in [-0.05, 0) is 45.4 Å². The zero-order chi connectivity index (χ0) is 12.6. The summed E-state index contributed by atoms with van der Waals surface area (Å²) in [5, 5.41) is 0. The highest BCUT2D eigenvalue weighted by Gasteiger charge is 2.17. The second-order valence-corrected chi connectivity index (χ2v) is 4.47. The first-order valence-corrected chi connectivity index (χ1v) is 5.75. The Morgan fingerprint density at radius 2 is 1.82 bits per heavy atom. The summed E-state index contributed by atoms with van der Waals surface area (Å²) in [6.07, 6.45) is 0. The summed E-state index contributed by atoms with van der Waals surface area (Å²) >= 11 is 0. The molecular formula is C14H18N2O. The Bertz CT molecular complexity index is 543. The zero-order valence-corrected chi connectivity index (χ0v) is 10.7. The van der Waals surface area contributed by atoms with Crippen LogP contribution in [0.25, 0.3) is 0 Å². The highest BCUT2D eigenvalue weighted by molar-refractivity contribution is 5.36. The lowest BCUT2D eigenvalue weighted by Gasteiger charge is -2.13. The van der Waals surface area contributed by atoms with Crippen molar-refractivity contribution in [3.8, 4) is 0 Å². The molecule has 3 heteroatoms. The van der Waals surface area contributed by atoms with Gasteiger partial charge in [0.15, 0.2) is 0 Å². The quantitative estimate of drug-likeness (QED) is 0.863. The number of hydrogen-bond acceptors (Lipinski definition) is 3. The van der Waals surface area contributed by atoms with Crippen LogP contribution in [0.1, 0.15) is 40.1 Å². The predicted octanol–water partition coefficient (Wildman–Crippen LogP) is 2.96. The van der Waals surface area contributed by atoms with Crippen LogP contribution < -0.4 is 5.73 Å². The topological polar surface area (TPSA) is 52.0 Å². The average Bonchev–Trinajstić information content (AvgIpc) is 2.57. The fourth-order valence-corrected chi connectivity index (χ4v) is 2.15. The molecule has 90 valence electrons. The fraction of sp³-hybridized carbons (Fsp3) is 0.357. The molecule has 0 bridgehead atoms. The molecule has 0 spiro atoms. The molecule has 3 nitrogen and oxygen atoms in total. The number of rotatable bonds is 2. The Labute approximate surface area is 102 Å².